The average molecular weight is 396 g/mol. The van der Waals surface area contributed by atoms with Crippen LogP contribution in [0, 0.1) is 0 Å². The summed E-state index contributed by atoms with van der Waals surface area (Å²) in [5, 5.41) is 25.3. The number of aromatic nitrogens is 2. The lowest BCUT2D eigenvalue weighted by atomic mass is 10.1. The van der Waals surface area contributed by atoms with Gasteiger partial charge in [-0.3, -0.25) is 0 Å². The summed E-state index contributed by atoms with van der Waals surface area (Å²) in [5.41, 5.74) is 4.00. The molecule has 0 aliphatic rings. The minimum atomic E-state index is -0.0592. The van der Waals surface area contributed by atoms with Gasteiger partial charge in [-0.25, -0.2) is 15.0 Å². The maximum atomic E-state index is 9.96. The third kappa shape index (κ3) is 4.28. The van der Waals surface area contributed by atoms with Crippen molar-refractivity contribution in [3.05, 3.63) is 90.5 Å². The van der Waals surface area contributed by atoms with E-state index in [1.807, 2.05) is 66.7 Å². The van der Waals surface area contributed by atoms with E-state index in [0.29, 0.717) is 11.5 Å². The van der Waals surface area contributed by atoms with Crippen LogP contribution in [0.3, 0.4) is 0 Å². The molecule has 0 aliphatic carbocycles. The first kappa shape index (κ1) is 19.1. The van der Waals surface area contributed by atoms with Crippen LogP contribution in [0.15, 0.2) is 90.0 Å². The first-order chi connectivity index (χ1) is 14.6. The first-order valence-electron chi connectivity index (χ1n) is 9.40. The maximum Gasteiger partial charge on any atom is 0.247 e. The first-order valence-corrected chi connectivity index (χ1v) is 9.40. The van der Waals surface area contributed by atoms with Crippen molar-refractivity contribution in [2.75, 3.05) is 12.1 Å². The summed E-state index contributed by atoms with van der Waals surface area (Å²) in [6.45, 7) is 0. The van der Waals surface area contributed by atoms with Crippen LogP contribution < -0.4 is 5.01 Å². The fourth-order valence-electron chi connectivity index (χ4n) is 2.93. The summed E-state index contributed by atoms with van der Waals surface area (Å²) in [6, 6.07) is 26.1. The lowest BCUT2D eigenvalue weighted by molar-refractivity contribution is 0.450. The summed E-state index contributed by atoms with van der Waals surface area (Å²) >= 11 is 0. The molecule has 0 saturated heterocycles. The van der Waals surface area contributed by atoms with Crippen molar-refractivity contribution in [3.8, 4) is 34.0 Å². The van der Waals surface area contributed by atoms with Crippen LogP contribution >= 0.6 is 0 Å². The number of benzene rings is 3. The summed E-state index contributed by atoms with van der Waals surface area (Å²) in [7, 11) is 1.74. The Labute approximate surface area is 174 Å². The van der Waals surface area contributed by atoms with Gasteiger partial charge >= 0.3 is 0 Å². The number of nitrogens with zero attached hydrogens (tertiary/aromatic N) is 4. The van der Waals surface area contributed by atoms with E-state index in [9.17, 15) is 10.2 Å². The van der Waals surface area contributed by atoms with Gasteiger partial charge in [-0.2, -0.15) is 5.10 Å². The van der Waals surface area contributed by atoms with E-state index in [2.05, 4.69) is 15.1 Å². The molecule has 3 aromatic carbocycles. The van der Waals surface area contributed by atoms with E-state index >= 15 is 0 Å². The van der Waals surface area contributed by atoms with E-state index in [-0.39, 0.29) is 11.5 Å². The molecule has 0 radical (unpaired) electrons. The number of hydrogen-bond acceptors (Lipinski definition) is 6. The van der Waals surface area contributed by atoms with Gasteiger partial charge in [0.1, 0.15) is 11.5 Å². The zero-order valence-corrected chi connectivity index (χ0v) is 16.3. The van der Waals surface area contributed by atoms with E-state index in [1.54, 1.807) is 18.1 Å². The summed E-state index contributed by atoms with van der Waals surface area (Å²) in [6.07, 6.45) is 1.50. The van der Waals surface area contributed by atoms with Crippen LogP contribution in [0.5, 0.6) is 11.5 Å². The van der Waals surface area contributed by atoms with Gasteiger partial charge in [0.05, 0.1) is 17.6 Å². The quantitative estimate of drug-likeness (QED) is 0.378. The molecule has 1 aromatic heterocycles. The second kappa shape index (κ2) is 8.45. The van der Waals surface area contributed by atoms with Crippen molar-refractivity contribution in [1.29, 1.82) is 0 Å². The number of anilines is 1. The molecule has 0 spiro atoms. The number of hydrogen-bond donors (Lipinski definition) is 2. The van der Waals surface area contributed by atoms with Crippen molar-refractivity contribution in [1.82, 2.24) is 9.97 Å². The molecule has 4 aromatic rings. The topological polar surface area (TPSA) is 81.8 Å². The fraction of sp³-hybridized carbons (Fsp3) is 0.0417. The van der Waals surface area contributed by atoms with Crippen molar-refractivity contribution >= 4 is 12.2 Å². The Balaban J connectivity index is 1.73. The van der Waals surface area contributed by atoms with Crippen LogP contribution in [-0.4, -0.2) is 33.4 Å². The van der Waals surface area contributed by atoms with Crippen LogP contribution in [0.1, 0.15) is 5.56 Å². The monoisotopic (exact) mass is 396 g/mol. The van der Waals surface area contributed by atoms with Crippen molar-refractivity contribution in [3.63, 3.8) is 0 Å². The molecule has 2 N–H and O–H groups in total. The molecule has 0 amide bonds. The number of phenols is 2. The highest BCUT2D eigenvalue weighted by atomic mass is 16.3. The van der Waals surface area contributed by atoms with E-state index in [0.717, 1.165) is 22.5 Å². The van der Waals surface area contributed by atoms with Crippen LogP contribution in [0.2, 0.25) is 0 Å². The Morgan fingerprint density at radius 1 is 0.767 bits per heavy atom. The van der Waals surface area contributed by atoms with Crippen LogP contribution in [0.25, 0.3) is 22.5 Å². The average Bonchev–Trinajstić information content (AvgIpc) is 2.79. The van der Waals surface area contributed by atoms with Crippen LogP contribution in [0.4, 0.5) is 5.95 Å². The molecule has 148 valence electrons. The lowest BCUT2D eigenvalue weighted by Crippen LogP contribution is -2.13. The van der Waals surface area contributed by atoms with E-state index in [4.69, 9.17) is 0 Å². The van der Waals surface area contributed by atoms with Crippen molar-refractivity contribution in [2.45, 2.75) is 0 Å². The van der Waals surface area contributed by atoms with Crippen molar-refractivity contribution in [2.24, 2.45) is 5.10 Å². The van der Waals surface area contributed by atoms with E-state index in [1.165, 1.54) is 18.3 Å². The van der Waals surface area contributed by atoms with Crippen LogP contribution in [-0.2, 0) is 0 Å². The van der Waals surface area contributed by atoms with Gasteiger partial charge in [0.25, 0.3) is 0 Å². The molecular formula is C24H20N4O2. The molecule has 0 saturated carbocycles. The lowest BCUT2D eigenvalue weighted by Gasteiger charge is -2.14. The number of rotatable bonds is 5. The molecule has 4 rings (SSSR count). The third-order valence-electron chi connectivity index (χ3n) is 4.53. The Hall–Kier alpha value is -4.19. The molecule has 6 nitrogen and oxygen atoms in total. The molecule has 6 heteroatoms. The maximum absolute atomic E-state index is 9.96. The fourth-order valence-corrected chi connectivity index (χ4v) is 2.93. The molecule has 0 aliphatic heterocycles. The van der Waals surface area contributed by atoms with Gasteiger partial charge < -0.3 is 10.2 Å². The van der Waals surface area contributed by atoms with E-state index < -0.39 is 0 Å². The largest absolute Gasteiger partial charge is 0.508 e. The minimum absolute atomic E-state index is 0.00981. The highest BCUT2D eigenvalue weighted by Gasteiger charge is 2.11. The summed E-state index contributed by atoms with van der Waals surface area (Å²) in [4.78, 5) is 9.35. The predicted molar refractivity (Wildman–Crippen MR) is 119 cm³/mol. The summed E-state index contributed by atoms with van der Waals surface area (Å²) < 4.78 is 0. The standard InChI is InChI=1S/C24H20N4O2/c1-28(25-16-19-12-13-20(29)14-23(19)30)24-26-21(17-8-4-2-5-9-17)15-22(27-24)18-10-6-3-7-11-18/h2-16,29-30H,1H3/b25-16-. The Bertz CT molecular complexity index is 1120. The molecule has 0 fully saturated rings. The van der Waals surface area contributed by atoms with Gasteiger partial charge in [0.2, 0.25) is 5.95 Å². The number of hydrazone groups is 1. The minimum Gasteiger partial charge on any atom is -0.508 e. The van der Waals surface area contributed by atoms with Crippen molar-refractivity contribution < 1.29 is 10.2 Å². The van der Waals surface area contributed by atoms with Gasteiger partial charge in [0, 0.05) is 29.8 Å². The van der Waals surface area contributed by atoms with Gasteiger partial charge in [0.15, 0.2) is 0 Å². The smallest absolute Gasteiger partial charge is 0.247 e. The number of aromatic hydroxyl groups is 2. The number of phenolic OH excluding ortho intramolecular Hbond substituents is 2. The molecular weight excluding hydrogens is 376 g/mol. The normalized spacial score (nSPS) is 11.0. The Morgan fingerprint density at radius 2 is 1.33 bits per heavy atom. The summed E-state index contributed by atoms with van der Waals surface area (Å²) in [5.74, 6) is 0.352. The van der Waals surface area contributed by atoms with Gasteiger partial charge in [-0.05, 0) is 18.2 Å². The predicted octanol–water partition coefficient (Wildman–Crippen LogP) is 4.69. The molecule has 0 unspecified atom stereocenters. The highest BCUT2D eigenvalue weighted by molar-refractivity contribution is 5.84. The highest BCUT2D eigenvalue weighted by Crippen LogP contribution is 2.26. The SMILES string of the molecule is CN(/N=C\c1ccc(O)cc1O)c1nc(-c2ccccc2)cc(-c2ccccc2)n1. The molecule has 0 atom stereocenters. The van der Waals surface area contributed by atoms with Gasteiger partial charge in [-0.1, -0.05) is 60.7 Å². The third-order valence-corrected chi connectivity index (χ3v) is 4.53. The van der Waals surface area contributed by atoms with Gasteiger partial charge in [-0.15, -0.1) is 0 Å². The second-order valence-electron chi connectivity index (χ2n) is 6.68. The Kier molecular flexibility index (Phi) is 5.39. The Morgan fingerprint density at radius 3 is 1.87 bits per heavy atom. The second-order valence-corrected chi connectivity index (χ2v) is 6.68. The molecule has 0 bridgehead atoms. The molecule has 30 heavy (non-hydrogen) atoms. The molecule has 1 heterocycles. The zero-order valence-electron chi connectivity index (χ0n) is 16.3. The zero-order chi connectivity index (χ0) is 20.9.